The van der Waals surface area contributed by atoms with E-state index in [0.29, 0.717) is 27.1 Å². The topological polar surface area (TPSA) is 54.5 Å². The lowest BCUT2D eigenvalue weighted by Gasteiger charge is -2.27. The van der Waals surface area contributed by atoms with Gasteiger partial charge in [0.05, 0.1) is 11.5 Å². The summed E-state index contributed by atoms with van der Waals surface area (Å²) < 4.78 is 23.8. The van der Waals surface area contributed by atoms with E-state index < -0.39 is 9.84 Å². The van der Waals surface area contributed by atoms with Gasteiger partial charge in [0.1, 0.15) is 0 Å². The van der Waals surface area contributed by atoms with Crippen LogP contribution in [0.1, 0.15) is 17.5 Å². The van der Waals surface area contributed by atoms with Crippen molar-refractivity contribution in [1.29, 1.82) is 0 Å². The molecule has 1 aliphatic rings. The van der Waals surface area contributed by atoms with Gasteiger partial charge < -0.3 is 4.90 Å². The Morgan fingerprint density at radius 3 is 2.50 bits per heavy atom. The van der Waals surface area contributed by atoms with Crippen molar-refractivity contribution in [2.45, 2.75) is 19.0 Å². The molecule has 1 amide bonds. The second-order valence-electron chi connectivity index (χ2n) is 6.65. The first-order valence-corrected chi connectivity index (χ1v) is 11.6. The molecule has 1 aliphatic heterocycles. The molecule has 8 heteroatoms. The second-order valence-corrected chi connectivity index (χ2v) is 10.2. The fraction of sp³-hybridized carbons (Fsp3) is 0.250. The third-order valence-electron chi connectivity index (χ3n) is 4.54. The molecule has 0 N–H and O–H groups in total. The summed E-state index contributed by atoms with van der Waals surface area (Å²) in [5, 5.41) is 1.50. The van der Waals surface area contributed by atoms with Crippen LogP contribution >= 0.6 is 34.8 Å². The van der Waals surface area contributed by atoms with E-state index >= 15 is 0 Å². The van der Waals surface area contributed by atoms with Crippen molar-refractivity contribution in [3.8, 4) is 0 Å². The first-order chi connectivity index (χ1) is 13.2. The van der Waals surface area contributed by atoms with E-state index in [4.69, 9.17) is 34.8 Å². The van der Waals surface area contributed by atoms with Gasteiger partial charge in [0, 0.05) is 33.7 Å². The van der Waals surface area contributed by atoms with Gasteiger partial charge in [-0.3, -0.25) is 4.79 Å². The molecule has 1 fully saturated rings. The molecule has 148 valence electrons. The largest absolute Gasteiger partial charge is 0.331 e. The van der Waals surface area contributed by atoms with Crippen LogP contribution in [-0.4, -0.2) is 36.8 Å². The highest BCUT2D eigenvalue weighted by molar-refractivity contribution is 7.91. The minimum atomic E-state index is -3.13. The Balaban J connectivity index is 1.84. The lowest BCUT2D eigenvalue weighted by Crippen LogP contribution is -2.39. The average Bonchev–Trinajstić information content (AvgIpc) is 2.98. The fourth-order valence-corrected chi connectivity index (χ4v) is 5.55. The number of benzene rings is 2. The Kier molecular flexibility index (Phi) is 6.71. The van der Waals surface area contributed by atoms with Crippen molar-refractivity contribution >= 4 is 56.6 Å². The van der Waals surface area contributed by atoms with Crippen LogP contribution in [0.5, 0.6) is 0 Å². The number of nitrogens with zero attached hydrogens (tertiary/aromatic N) is 1. The number of halogens is 3. The van der Waals surface area contributed by atoms with Crippen LogP contribution in [-0.2, 0) is 21.2 Å². The van der Waals surface area contributed by atoms with Gasteiger partial charge in [-0.1, -0.05) is 53.0 Å². The summed E-state index contributed by atoms with van der Waals surface area (Å²) in [4.78, 5) is 14.5. The predicted octanol–water partition coefficient (Wildman–Crippen LogP) is 4.88. The lowest BCUT2D eigenvalue weighted by molar-refractivity contribution is -0.128. The standard InChI is InChI=1S/C20H18Cl3NO3S/c21-16-3-1-2-14(10-16)12-24(18-8-9-28(26,27)13-18)20(25)7-5-15-4-6-17(22)11-19(15)23/h1-7,10-11,18H,8-9,12-13H2/b7-5+/t18-/m0/s1. The highest BCUT2D eigenvalue weighted by Gasteiger charge is 2.34. The number of hydrogen-bond donors (Lipinski definition) is 0. The molecule has 3 rings (SSSR count). The van der Waals surface area contributed by atoms with Gasteiger partial charge in [0.25, 0.3) is 0 Å². The Bertz CT molecular complexity index is 1020. The molecule has 1 heterocycles. The highest BCUT2D eigenvalue weighted by atomic mass is 35.5. The lowest BCUT2D eigenvalue weighted by atomic mass is 10.1. The molecule has 0 aromatic heterocycles. The molecule has 0 spiro atoms. The van der Waals surface area contributed by atoms with Crippen LogP contribution in [0.25, 0.3) is 6.08 Å². The third kappa shape index (κ3) is 5.51. The van der Waals surface area contributed by atoms with Crippen LogP contribution in [0.2, 0.25) is 15.1 Å². The van der Waals surface area contributed by atoms with E-state index in [0.717, 1.165) is 5.56 Å². The smallest absolute Gasteiger partial charge is 0.247 e. The van der Waals surface area contributed by atoms with Crippen molar-refractivity contribution in [2.24, 2.45) is 0 Å². The first kappa shape index (κ1) is 21.2. The van der Waals surface area contributed by atoms with Crippen molar-refractivity contribution < 1.29 is 13.2 Å². The number of carbonyl (C=O) groups is 1. The van der Waals surface area contributed by atoms with Crippen LogP contribution in [0.4, 0.5) is 0 Å². The van der Waals surface area contributed by atoms with Crippen molar-refractivity contribution in [1.82, 2.24) is 4.90 Å². The molecule has 2 aromatic carbocycles. The Morgan fingerprint density at radius 2 is 1.86 bits per heavy atom. The van der Waals surface area contributed by atoms with E-state index in [-0.39, 0.29) is 30.0 Å². The van der Waals surface area contributed by atoms with Crippen LogP contribution in [0.3, 0.4) is 0 Å². The van der Waals surface area contributed by atoms with Crippen molar-refractivity contribution in [2.75, 3.05) is 11.5 Å². The van der Waals surface area contributed by atoms with Crippen LogP contribution in [0.15, 0.2) is 48.5 Å². The maximum atomic E-state index is 12.9. The van der Waals surface area contributed by atoms with Crippen molar-refractivity contribution in [3.63, 3.8) is 0 Å². The Morgan fingerprint density at radius 1 is 1.11 bits per heavy atom. The van der Waals surface area contributed by atoms with E-state index in [2.05, 4.69) is 0 Å². The van der Waals surface area contributed by atoms with Gasteiger partial charge in [-0.05, 0) is 47.9 Å². The molecule has 2 aromatic rings. The summed E-state index contributed by atoms with van der Waals surface area (Å²) >= 11 is 18.1. The van der Waals surface area contributed by atoms with E-state index in [9.17, 15) is 13.2 Å². The predicted molar refractivity (Wildman–Crippen MR) is 115 cm³/mol. The number of rotatable bonds is 5. The number of amides is 1. The summed E-state index contributed by atoms with van der Waals surface area (Å²) in [7, 11) is -3.13. The Labute approximate surface area is 179 Å². The minimum Gasteiger partial charge on any atom is -0.331 e. The van der Waals surface area contributed by atoms with Gasteiger partial charge >= 0.3 is 0 Å². The molecular formula is C20H18Cl3NO3S. The molecule has 28 heavy (non-hydrogen) atoms. The molecule has 1 atom stereocenters. The third-order valence-corrected chi connectivity index (χ3v) is 7.09. The summed E-state index contributed by atoms with van der Waals surface area (Å²) in [5.41, 5.74) is 1.49. The van der Waals surface area contributed by atoms with Crippen molar-refractivity contribution in [3.05, 3.63) is 74.7 Å². The SMILES string of the molecule is O=C(/C=C/c1ccc(Cl)cc1Cl)N(Cc1cccc(Cl)c1)[C@H]1CCS(=O)(=O)C1. The first-order valence-electron chi connectivity index (χ1n) is 8.62. The van der Waals surface area contributed by atoms with Crippen LogP contribution < -0.4 is 0 Å². The molecule has 0 aliphatic carbocycles. The zero-order valence-corrected chi connectivity index (χ0v) is 17.9. The highest BCUT2D eigenvalue weighted by Crippen LogP contribution is 2.24. The molecule has 0 bridgehead atoms. The summed E-state index contributed by atoms with van der Waals surface area (Å²) in [6, 6.07) is 11.8. The van der Waals surface area contributed by atoms with E-state index in [1.165, 1.54) is 6.08 Å². The molecule has 0 unspecified atom stereocenters. The summed E-state index contributed by atoms with van der Waals surface area (Å²) in [6.07, 6.45) is 3.43. The zero-order valence-electron chi connectivity index (χ0n) is 14.8. The van der Waals surface area contributed by atoms with Gasteiger partial charge in [-0.25, -0.2) is 8.42 Å². The Hall–Kier alpha value is -1.53. The van der Waals surface area contributed by atoms with Gasteiger partial charge in [0.15, 0.2) is 9.84 Å². The quantitative estimate of drug-likeness (QED) is 0.600. The normalized spacial score (nSPS) is 18.5. The molecule has 1 saturated heterocycles. The second kappa shape index (κ2) is 8.87. The summed E-state index contributed by atoms with van der Waals surface area (Å²) in [5.74, 6) is -0.230. The number of sulfone groups is 1. The van der Waals surface area contributed by atoms with E-state index in [1.807, 2.05) is 6.07 Å². The molecule has 4 nitrogen and oxygen atoms in total. The van der Waals surface area contributed by atoms with Gasteiger partial charge in [-0.15, -0.1) is 0 Å². The molecule has 0 radical (unpaired) electrons. The molecule has 0 saturated carbocycles. The monoisotopic (exact) mass is 457 g/mol. The zero-order chi connectivity index (χ0) is 20.3. The average molecular weight is 459 g/mol. The van der Waals surface area contributed by atoms with Gasteiger partial charge in [-0.2, -0.15) is 0 Å². The summed E-state index contributed by atoms with van der Waals surface area (Å²) in [6.45, 7) is 0.276. The maximum Gasteiger partial charge on any atom is 0.247 e. The van der Waals surface area contributed by atoms with Gasteiger partial charge in [0.2, 0.25) is 5.91 Å². The number of carbonyl (C=O) groups excluding carboxylic acids is 1. The van der Waals surface area contributed by atoms with Crippen LogP contribution in [0, 0.1) is 0 Å². The van der Waals surface area contributed by atoms with E-state index in [1.54, 1.807) is 47.4 Å². The fourth-order valence-electron chi connectivity index (χ4n) is 3.13. The molecular weight excluding hydrogens is 441 g/mol. The minimum absolute atomic E-state index is 0.0329. The maximum absolute atomic E-state index is 12.9. The number of hydrogen-bond acceptors (Lipinski definition) is 3.